The third-order valence-corrected chi connectivity index (χ3v) is 22.5. The Labute approximate surface area is 715 Å². The van der Waals surface area contributed by atoms with Gasteiger partial charge in [0.1, 0.15) is 76.5 Å². The molecule has 1 aliphatic rings. The van der Waals surface area contributed by atoms with Gasteiger partial charge in [-0.2, -0.15) is 0 Å². The highest BCUT2D eigenvalue weighted by molar-refractivity contribution is 8.76. The Bertz CT molecular complexity index is 4550. The minimum atomic E-state index is -1.68. The van der Waals surface area contributed by atoms with Crippen molar-refractivity contribution in [3.8, 4) is 5.75 Å². The average molecular weight is 1710 g/mol. The van der Waals surface area contributed by atoms with Gasteiger partial charge in [0.05, 0.1) is 22.0 Å². The Morgan fingerprint density at radius 2 is 1.02 bits per heavy atom. The minimum Gasteiger partial charge on any atom is -0.488 e. The highest BCUT2D eigenvalue weighted by atomic mass is 33.1. The highest BCUT2D eigenvalue weighted by Gasteiger charge is 2.42. The molecule has 30 heteroatoms. The van der Waals surface area contributed by atoms with Gasteiger partial charge in [0.2, 0.25) is 47.3 Å². The predicted octanol–water partition coefficient (Wildman–Crippen LogP) is 11.4. The van der Waals surface area contributed by atoms with E-state index in [0.29, 0.717) is 33.3 Å². The topological polar surface area (TPSA) is 373 Å². The number of nitrogens with one attached hydrogen (secondary N) is 9. The molecule has 6 aromatic carbocycles. The molecule has 1 aromatic heterocycles. The molecule has 646 valence electrons. The first-order chi connectivity index (χ1) is 56.4. The summed E-state index contributed by atoms with van der Waals surface area (Å²) in [5, 5.41) is 26.0. The zero-order valence-corrected chi connectivity index (χ0v) is 73.7. The van der Waals surface area contributed by atoms with E-state index in [-0.39, 0.29) is 62.3 Å². The van der Waals surface area contributed by atoms with Gasteiger partial charge < -0.3 is 77.3 Å². The van der Waals surface area contributed by atoms with Crippen molar-refractivity contribution < 1.29 is 76.4 Å². The number of rotatable bonds is 26. The van der Waals surface area contributed by atoms with E-state index in [1.54, 1.807) is 169 Å². The van der Waals surface area contributed by atoms with Gasteiger partial charge in [-0.05, 0) is 182 Å². The third kappa shape index (κ3) is 29.7. The number of carbonyl (C=O) groups excluding carboxylic acids is 11. The second-order valence-corrected chi connectivity index (χ2v) is 38.2. The lowest BCUT2D eigenvalue weighted by Crippen LogP contribution is -2.63. The fraction of sp³-hybridized carbons (Fsp3) is 0.456. The number of unbranched alkanes of at least 4 members (excludes halogenated alkanes) is 1. The van der Waals surface area contributed by atoms with Crippen LogP contribution >= 0.6 is 33.3 Å². The van der Waals surface area contributed by atoms with Gasteiger partial charge in [0, 0.05) is 54.6 Å². The lowest BCUT2D eigenvalue weighted by molar-refractivity contribution is -0.140. The first-order valence-corrected chi connectivity index (χ1v) is 43.7. The Balaban J connectivity index is 1.28. The number of alkyl carbamates (subject to hydrolysis) is 2. The summed E-state index contributed by atoms with van der Waals surface area (Å²) in [4.78, 5) is 165. The van der Waals surface area contributed by atoms with Crippen LogP contribution in [0.3, 0.4) is 0 Å². The number of ether oxygens (including phenoxy) is 5. The van der Waals surface area contributed by atoms with Crippen LogP contribution in [-0.2, 0) is 81.3 Å². The summed E-state index contributed by atoms with van der Waals surface area (Å²) in [5.74, 6) is -7.72. The second-order valence-electron chi connectivity index (χ2n) is 34.5. The number of benzene rings is 6. The Morgan fingerprint density at radius 3 is 1.57 bits per heavy atom. The number of para-hydroxylation sites is 1. The molecule has 27 nitrogen and oxygen atoms in total. The van der Waals surface area contributed by atoms with Gasteiger partial charge in [-0.15, -0.1) is 11.8 Å². The lowest BCUT2D eigenvalue weighted by atomic mass is 9.84. The van der Waals surface area contributed by atoms with E-state index in [0.717, 1.165) is 38.3 Å². The molecular weight excluding hydrogens is 1590 g/mol. The van der Waals surface area contributed by atoms with Crippen LogP contribution in [0.4, 0.5) is 14.4 Å². The van der Waals surface area contributed by atoms with Crippen LogP contribution < -0.4 is 58.3 Å². The fourth-order valence-electron chi connectivity index (χ4n) is 13.2. The monoisotopic (exact) mass is 1700 g/mol. The standard InChI is InChI=1S/C90H117N11O16S3/c1-56(113-85(2,3)4)73-81(109)98-71(80(108)96-69(74(91)102)53-118-90(60-35-23-18-24-36-60,61-37-25-19-26-38-61)62-39-27-20-28-40-62)55-120-119-54-70(97-77(105)67(49-57-33-21-17-22-34-57)99-83(111)116-88(11,12)13)79(107)94-66(50-58-44-46-63(47-45-58)114-86(5,6)7)76(104)95-68(51-59-52-101(84(112)117-89(14,15)16)72-43-30-29-41-64(59)72)78(106)93-65(75(103)100-73)42-31-32-48-92-82(110)115-87(8,9)10/h17-30,33-41,43-47,52,56,65-71,73H,31-32,42,48-51,53-55H2,1-16H3,(H2,91,102)(H,92,110)(H,93,106)(H,94,107)(H,95,104)(H,96,108)(H,97,105)(H,98,109)(H,99,111)(H,100,103)/t56-,65+,66+,67-,68-,69+,70+,71+,73+/m1/s1. The molecule has 1 fully saturated rings. The molecule has 9 atom stereocenters. The van der Waals surface area contributed by atoms with E-state index in [2.05, 4.69) is 47.9 Å². The smallest absolute Gasteiger partial charge is 0.419 e. The molecule has 2 heterocycles. The van der Waals surface area contributed by atoms with Crippen molar-refractivity contribution in [1.29, 1.82) is 0 Å². The van der Waals surface area contributed by atoms with Crippen LogP contribution in [0.1, 0.15) is 163 Å². The number of nitrogens with zero attached hydrogens (tertiary/aromatic N) is 1. The Hall–Kier alpha value is -10.6. The normalized spacial score (nSPS) is 18.6. The Morgan fingerprint density at radius 1 is 0.517 bits per heavy atom. The van der Waals surface area contributed by atoms with Gasteiger partial charge in [0.15, 0.2) is 0 Å². The Kier molecular flexibility index (Phi) is 33.7. The van der Waals surface area contributed by atoms with Crippen molar-refractivity contribution in [2.24, 2.45) is 5.73 Å². The number of nitrogens with two attached hydrogens (primary N) is 1. The number of hydrogen-bond donors (Lipinski definition) is 10. The lowest BCUT2D eigenvalue weighted by Gasteiger charge is -2.36. The molecule has 10 amide bonds. The molecular formula is C90H117N11O16S3. The van der Waals surface area contributed by atoms with Crippen molar-refractivity contribution in [2.75, 3.05) is 23.8 Å². The summed E-state index contributed by atoms with van der Waals surface area (Å²) in [6.07, 6.45) is -2.67. The number of amides is 10. The molecule has 0 aliphatic carbocycles. The van der Waals surface area contributed by atoms with Gasteiger partial charge >= 0.3 is 18.3 Å². The largest absolute Gasteiger partial charge is 0.488 e. The van der Waals surface area contributed by atoms with Crippen molar-refractivity contribution in [3.63, 3.8) is 0 Å². The van der Waals surface area contributed by atoms with E-state index >= 15 is 33.6 Å². The molecule has 11 N–H and O–H groups in total. The summed E-state index contributed by atoms with van der Waals surface area (Å²) < 4.78 is 29.9. The summed E-state index contributed by atoms with van der Waals surface area (Å²) in [7, 11) is 1.95. The number of aromatic nitrogens is 1. The first kappa shape index (κ1) is 94.9. The second kappa shape index (κ2) is 42.6. The van der Waals surface area contributed by atoms with Crippen LogP contribution in [0.5, 0.6) is 5.75 Å². The quantitative estimate of drug-likeness (QED) is 0.0104. The molecule has 0 spiro atoms. The molecule has 1 saturated heterocycles. The minimum absolute atomic E-state index is 0.0588. The number of hydrogen-bond acceptors (Lipinski definition) is 19. The molecule has 0 radical (unpaired) electrons. The summed E-state index contributed by atoms with van der Waals surface area (Å²) in [6, 6.07) is 38.8. The molecule has 7 aromatic rings. The van der Waals surface area contributed by atoms with Crippen LogP contribution in [0.25, 0.3) is 10.9 Å². The molecule has 1 aliphatic heterocycles. The van der Waals surface area contributed by atoms with Crippen LogP contribution in [0.15, 0.2) is 176 Å². The molecule has 120 heavy (non-hydrogen) atoms. The van der Waals surface area contributed by atoms with Gasteiger partial charge in [0.25, 0.3) is 0 Å². The number of thioether (sulfide) groups is 1. The maximum absolute atomic E-state index is 16.0. The van der Waals surface area contributed by atoms with E-state index in [1.165, 1.54) is 22.5 Å². The number of carbonyl (C=O) groups is 11. The van der Waals surface area contributed by atoms with Crippen molar-refractivity contribution in [1.82, 2.24) is 52.4 Å². The van der Waals surface area contributed by atoms with Crippen molar-refractivity contribution in [2.45, 2.75) is 236 Å². The van der Waals surface area contributed by atoms with Crippen molar-refractivity contribution in [3.05, 3.63) is 209 Å². The maximum Gasteiger partial charge on any atom is 0.419 e. The maximum atomic E-state index is 16.0. The third-order valence-electron chi connectivity index (χ3n) is 18.4. The first-order valence-electron chi connectivity index (χ1n) is 40.2. The number of fused-ring (bicyclic) bond motifs is 1. The van der Waals surface area contributed by atoms with Gasteiger partial charge in [-0.3, -0.25) is 42.9 Å². The van der Waals surface area contributed by atoms with E-state index in [4.69, 9.17) is 29.4 Å². The molecule has 8 rings (SSSR count). The molecule has 0 saturated carbocycles. The summed E-state index contributed by atoms with van der Waals surface area (Å²) in [5.41, 5.74) is 6.31. The van der Waals surface area contributed by atoms with Gasteiger partial charge in [-0.1, -0.05) is 173 Å². The van der Waals surface area contributed by atoms with Crippen LogP contribution in [-0.4, -0.2) is 176 Å². The van der Waals surface area contributed by atoms with Gasteiger partial charge in [-0.25, -0.2) is 14.4 Å². The zero-order chi connectivity index (χ0) is 87.9. The van der Waals surface area contributed by atoms with E-state index in [1.807, 2.05) is 112 Å². The van der Waals surface area contributed by atoms with Crippen molar-refractivity contribution >= 4 is 110 Å². The highest BCUT2D eigenvalue weighted by Crippen LogP contribution is 2.49. The van der Waals surface area contributed by atoms with Crippen LogP contribution in [0, 0.1) is 0 Å². The predicted molar refractivity (Wildman–Crippen MR) is 469 cm³/mol. The van der Waals surface area contributed by atoms with E-state index < -0.39 is 153 Å². The molecule has 0 unspecified atom stereocenters. The fourth-order valence-corrected chi connectivity index (χ4v) is 17.1. The zero-order valence-electron chi connectivity index (χ0n) is 71.3. The van der Waals surface area contributed by atoms with E-state index in [9.17, 15) is 19.2 Å². The number of primary amides is 1. The van der Waals surface area contributed by atoms with Crippen LogP contribution in [0.2, 0.25) is 0 Å². The summed E-state index contributed by atoms with van der Waals surface area (Å²) >= 11 is 1.35. The summed E-state index contributed by atoms with van der Waals surface area (Å²) in [6.45, 7) is 27.7. The molecule has 0 bridgehead atoms. The average Bonchev–Trinajstić information content (AvgIpc) is 1.09. The SMILES string of the molecule is C[C@@H](OC(C)(C)C)[C@@H]1NC(=O)[C@H](CCCCNC(=O)OC(C)(C)C)NC(=O)[C@@H](Cc2cn(C(=O)OC(C)(C)C)c3ccccc23)NC(=O)[C@H](Cc2ccc(OC(C)(C)C)cc2)NC(=O)[C@@H](NC(=O)[C@@H](Cc2ccccc2)NC(=O)OC(C)(C)C)CSSC[C@@H](C(=O)N[C@@H](CSC(c2ccccc2)(c2ccccc2)c2ccccc2)C(N)=O)NC1=O.